The summed E-state index contributed by atoms with van der Waals surface area (Å²) in [6, 6.07) is 0. The van der Waals surface area contributed by atoms with E-state index in [1.807, 2.05) is 19.2 Å². The third kappa shape index (κ3) is 1.83. The molecular weight excluding hydrogens is 192 g/mol. The van der Waals surface area contributed by atoms with Gasteiger partial charge in [0, 0.05) is 7.05 Å². The van der Waals surface area contributed by atoms with Gasteiger partial charge in [-0.25, -0.2) is 0 Å². The Morgan fingerprint density at radius 3 is 2.47 bits per heavy atom. The average Bonchev–Trinajstić information content (AvgIpc) is 2.20. The first-order chi connectivity index (χ1) is 7.16. The van der Waals surface area contributed by atoms with Crippen LogP contribution in [0.4, 0.5) is 0 Å². The lowest BCUT2D eigenvalue weighted by molar-refractivity contribution is 0.449. The van der Waals surface area contributed by atoms with Gasteiger partial charge in [0.2, 0.25) is 0 Å². The van der Waals surface area contributed by atoms with Crippen molar-refractivity contribution in [3.8, 4) is 0 Å². The van der Waals surface area contributed by atoms with Gasteiger partial charge < -0.3 is 11.5 Å². The maximum absolute atomic E-state index is 5.55. The minimum atomic E-state index is 0.449. The lowest BCUT2D eigenvalue weighted by Gasteiger charge is -2.21. The molecule has 78 valence electrons. The van der Waals surface area contributed by atoms with E-state index < -0.39 is 0 Å². The molecule has 0 amide bonds. The van der Waals surface area contributed by atoms with Crippen LogP contribution in [0, 0.1) is 0 Å². The fourth-order valence-corrected chi connectivity index (χ4v) is 1.31. The number of nitrogens with one attached hydrogen (secondary N) is 1. The molecule has 2 aliphatic rings. The minimum Gasteiger partial charge on any atom is -0.382 e. The van der Waals surface area contributed by atoms with Gasteiger partial charge in [-0.05, 0) is 24.3 Å². The van der Waals surface area contributed by atoms with Crippen LogP contribution in [-0.4, -0.2) is 23.7 Å². The van der Waals surface area contributed by atoms with Gasteiger partial charge >= 0.3 is 0 Å². The Bertz CT molecular complexity index is 426. The predicted molar refractivity (Wildman–Crippen MR) is 59.4 cm³/mol. The van der Waals surface area contributed by atoms with Gasteiger partial charge in [0.25, 0.3) is 0 Å². The van der Waals surface area contributed by atoms with Gasteiger partial charge in [0.15, 0.2) is 0 Å². The molecule has 15 heavy (non-hydrogen) atoms. The lowest BCUT2D eigenvalue weighted by atomic mass is 10.2. The molecular formula is C9H12N6. The van der Waals surface area contributed by atoms with Crippen molar-refractivity contribution in [3.05, 3.63) is 35.7 Å². The van der Waals surface area contributed by atoms with E-state index in [1.54, 1.807) is 17.2 Å². The molecule has 0 spiro atoms. The molecule has 6 heteroatoms. The number of hydrogen-bond donors (Lipinski definition) is 3. The summed E-state index contributed by atoms with van der Waals surface area (Å²) in [6.45, 7) is 0. The zero-order valence-corrected chi connectivity index (χ0v) is 8.31. The summed E-state index contributed by atoms with van der Waals surface area (Å²) < 4.78 is 0. The van der Waals surface area contributed by atoms with E-state index in [2.05, 4.69) is 15.6 Å². The van der Waals surface area contributed by atoms with Crippen LogP contribution in [0.25, 0.3) is 0 Å². The topological polar surface area (TPSA) is 92.0 Å². The minimum absolute atomic E-state index is 0.449. The first kappa shape index (κ1) is 9.32. The zero-order chi connectivity index (χ0) is 10.8. The number of likely N-dealkylation sites (N-methyl/N-ethyl adjacent to an activating group) is 1. The maximum atomic E-state index is 5.55. The Morgan fingerprint density at radius 2 is 1.87 bits per heavy atom. The van der Waals surface area contributed by atoms with Crippen molar-refractivity contribution >= 4 is 11.7 Å². The molecule has 2 aliphatic heterocycles. The van der Waals surface area contributed by atoms with Crippen molar-refractivity contribution in [2.75, 3.05) is 7.05 Å². The van der Waals surface area contributed by atoms with Crippen molar-refractivity contribution in [2.24, 2.45) is 21.7 Å². The largest absolute Gasteiger partial charge is 0.382 e. The summed E-state index contributed by atoms with van der Waals surface area (Å²) in [4.78, 5) is 0. The van der Waals surface area contributed by atoms with Crippen molar-refractivity contribution in [3.63, 3.8) is 0 Å². The summed E-state index contributed by atoms with van der Waals surface area (Å²) in [7, 11) is 1.82. The molecule has 0 atom stereocenters. The summed E-state index contributed by atoms with van der Waals surface area (Å²) in [6.07, 6.45) is 7.17. The van der Waals surface area contributed by atoms with Crippen molar-refractivity contribution in [1.29, 1.82) is 0 Å². The number of nitrogens with zero attached hydrogens (tertiary/aromatic N) is 3. The standard InChI is InChI=1S/C9H12N6/c1-15-7(3-5-9(11)14-15)6-2-4-8(10)13-12-6/h2-5,12H,1H3,(H2,10,13)(H2,11,14)/b7-6-. The smallest absolute Gasteiger partial charge is 0.143 e. The normalized spacial score (nSPS) is 24.7. The van der Waals surface area contributed by atoms with E-state index in [-0.39, 0.29) is 0 Å². The van der Waals surface area contributed by atoms with Crippen LogP contribution >= 0.6 is 0 Å². The molecule has 0 unspecified atom stereocenters. The highest BCUT2D eigenvalue weighted by atomic mass is 15.5. The first-order valence-electron chi connectivity index (χ1n) is 4.44. The fourth-order valence-electron chi connectivity index (χ4n) is 1.31. The summed E-state index contributed by atoms with van der Waals surface area (Å²) in [5.74, 6) is 0.925. The van der Waals surface area contributed by atoms with Gasteiger partial charge in [-0.3, -0.25) is 10.4 Å². The summed E-state index contributed by atoms with van der Waals surface area (Å²) in [5.41, 5.74) is 15.6. The molecule has 5 N–H and O–H groups in total. The van der Waals surface area contributed by atoms with E-state index >= 15 is 0 Å². The van der Waals surface area contributed by atoms with E-state index in [4.69, 9.17) is 11.5 Å². The Morgan fingerprint density at radius 1 is 1.13 bits per heavy atom. The van der Waals surface area contributed by atoms with Crippen LogP contribution in [0.15, 0.2) is 45.9 Å². The third-order valence-corrected chi connectivity index (χ3v) is 2.03. The first-order valence-corrected chi connectivity index (χ1v) is 4.44. The molecule has 0 saturated carbocycles. The molecule has 0 aromatic rings. The summed E-state index contributed by atoms with van der Waals surface area (Å²) >= 11 is 0. The van der Waals surface area contributed by atoms with Crippen LogP contribution in [-0.2, 0) is 0 Å². The van der Waals surface area contributed by atoms with Gasteiger partial charge in [-0.1, -0.05) is 0 Å². The Hall–Kier alpha value is -2.24. The highest BCUT2D eigenvalue weighted by Gasteiger charge is 2.12. The number of hydrogen-bond acceptors (Lipinski definition) is 6. The average molecular weight is 204 g/mol. The molecule has 2 rings (SSSR count). The number of amidine groups is 2. The fraction of sp³-hybridized carbons (Fsp3) is 0.111. The van der Waals surface area contributed by atoms with E-state index in [9.17, 15) is 0 Å². The number of allylic oxidation sites excluding steroid dienone is 2. The Labute approximate surface area is 87.3 Å². The maximum Gasteiger partial charge on any atom is 0.143 e. The number of hydrazone groups is 2. The molecule has 0 fully saturated rings. The Balaban J connectivity index is 2.29. The van der Waals surface area contributed by atoms with Crippen molar-refractivity contribution in [1.82, 2.24) is 10.4 Å². The van der Waals surface area contributed by atoms with Gasteiger partial charge in [0.05, 0.1) is 11.4 Å². The molecule has 0 aromatic heterocycles. The molecule has 0 aromatic carbocycles. The van der Waals surface area contributed by atoms with Crippen LogP contribution in [0.2, 0.25) is 0 Å². The molecule has 6 nitrogen and oxygen atoms in total. The van der Waals surface area contributed by atoms with Gasteiger partial charge in [-0.15, -0.1) is 0 Å². The Kier molecular flexibility index (Phi) is 2.17. The SMILES string of the molecule is CN1N=C(N)C=C/C1=C1\C=CC(N)=NN1. The molecule has 0 saturated heterocycles. The third-order valence-electron chi connectivity index (χ3n) is 2.03. The highest BCUT2D eigenvalue weighted by molar-refractivity contribution is 5.93. The monoisotopic (exact) mass is 204 g/mol. The van der Waals surface area contributed by atoms with Crippen molar-refractivity contribution < 1.29 is 0 Å². The predicted octanol–water partition coefficient (Wildman–Crippen LogP) is -0.597. The zero-order valence-electron chi connectivity index (χ0n) is 8.31. The van der Waals surface area contributed by atoms with E-state index in [1.165, 1.54) is 0 Å². The van der Waals surface area contributed by atoms with Gasteiger partial charge in [0.1, 0.15) is 11.7 Å². The van der Waals surface area contributed by atoms with Crippen molar-refractivity contribution in [2.45, 2.75) is 0 Å². The van der Waals surface area contributed by atoms with Gasteiger partial charge in [-0.2, -0.15) is 10.2 Å². The second-order valence-corrected chi connectivity index (χ2v) is 3.16. The van der Waals surface area contributed by atoms with Crippen LogP contribution in [0.5, 0.6) is 0 Å². The second kappa shape index (κ2) is 3.49. The number of nitrogens with two attached hydrogens (primary N) is 2. The second-order valence-electron chi connectivity index (χ2n) is 3.16. The molecule has 0 bridgehead atoms. The van der Waals surface area contributed by atoms with E-state index in [0.29, 0.717) is 11.7 Å². The van der Waals surface area contributed by atoms with Crippen LogP contribution in [0.3, 0.4) is 0 Å². The quantitative estimate of drug-likeness (QED) is 0.491. The molecule has 0 radical (unpaired) electrons. The lowest BCUT2D eigenvalue weighted by Crippen LogP contribution is -2.26. The highest BCUT2D eigenvalue weighted by Crippen LogP contribution is 2.15. The molecule has 2 heterocycles. The van der Waals surface area contributed by atoms with E-state index in [0.717, 1.165) is 11.4 Å². The molecule has 0 aliphatic carbocycles. The number of rotatable bonds is 0. The summed E-state index contributed by atoms with van der Waals surface area (Å²) in [5, 5.41) is 9.67. The van der Waals surface area contributed by atoms with Crippen LogP contribution in [0.1, 0.15) is 0 Å². The van der Waals surface area contributed by atoms with Crippen LogP contribution < -0.4 is 16.9 Å².